The predicted octanol–water partition coefficient (Wildman–Crippen LogP) is 3.56. The highest BCUT2D eigenvalue weighted by Gasteiger charge is 2.17. The van der Waals surface area contributed by atoms with E-state index in [4.69, 9.17) is 33.7 Å². The van der Waals surface area contributed by atoms with E-state index in [9.17, 15) is 0 Å². The summed E-state index contributed by atoms with van der Waals surface area (Å²) in [5.74, 6) is 0.854. The first-order valence-electron chi connectivity index (χ1n) is 5.70. The zero-order valence-corrected chi connectivity index (χ0v) is 11.0. The molecule has 2 N–H and O–H groups in total. The fourth-order valence-electron chi connectivity index (χ4n) is 1.88. The minimum Gasteiger partial charge on any atom is -0.497 e. The number of nitrogens with two attached hydrogens (primary N) is 1. The number of hydrogen-bond donors (Lipinski definition) is 1. The van der Waals surface area contributed by atoms with Crippen LogP contribution >= 0.6 is 23.2 Å². The molecule has 1 aromatic rings. The van der Waals surface area contributed by atoms with Crippen molar-refractivity contribution in [2.24, 2.45) is 5.73 Å². The van der Waals surface area contributed by atoms with Crippen molar-refractivity contribution in [3.8, 4) is 0 Å². The Bertz CT molecular complexity index is 411. The molecule has 92 valence electrons. The van der Waals surface area contributed by atoms with Crippen LogP contribution in [-0.2, 0) is 11.2 Å². The smallest absolute Gasteiger partial charge is 0.109 e. The lowest BCUT2D eigenvalue weighted by atomic mass is 10.0. The fourth-order valence-corrected chi connectivity index (χ4v) is 2.43. The minimum absolute atomic E-state index is 0.173. The number of ether oxygens (including phenoxy) is 1. The van der Waals surface area contributed by atoms with Gasteiger partial charge in [0.05, 0.1) is 12.6 Å². The third-order valence-corrected chi connectivity index (χ3v) is 3.52. The Kier molecular flexibility index (Phi) is 4.32. The summed E-state index contributed by atoms with van der Waals surface area (Å²) in [5.41, 5.74) is 7.00. The van der Waals surface area contributed by atoms with Crippen LogP contribution in [0.3, 0.4) is 0 Å². The number of hydrogen-bond acceptors (Lipinski definition) is 2. The molecular formula is C13H15Cl2NO. The molecule has 0 aromatic heterocycles. The highest BCUT2D eigenvalue weighted by molar-refractivity contribution is 6.36. The maximum Gasteiger partial charge on any atom is 0.109 e. The summed E-state index contributed by atoms with van der Waals surface area (Å²) in [7, 11) is 0. The molecule has 0 fully saturated rings. The molecule has 0 aliphatic carbocycles. The zero-order valence-electron chi connectivity index (χ0n) is 9.46. The summed E-state index contributed by atoms with van der Waals surface area (Å²) in [4.78, 5) is 0. The average molecular weight is 272 g/mol. The topological polar surface area (TPSA) is 35.2 Å². The molecule has 0 spiro atoms. The van der Waals surface area contributed by atoms with Crippen LogP contribution in [0.15, 0.2) is 30.0 Å². The monoisotopic (exact) mass is 271 g/mol. The van der Waals surface area contributed by atoms with Crippen LogP contribution in [-0.4, -0.2) is 12.6 Å². The molecule has 1 aliphatic rings. The Hall–Kier alpha value is -0.700. The van der Waals surface area contributed by atoms with Gasteiger partial charge < -0.3 is 10.5 Å². The molecule has 17 heavy (non-hydrogen) atoms. The highest BCUT2D eigenvalue weighted by atomic mass is 35.5. The lowest BCUT2D eigenvalue weighted by Crippen LogP contribution is -2.28. The summed E-state index contributed by atoms with van der Waals surface area (Å²) < 4.78 is 5.54. The van der Waals surface area contributed by atoms with Crippen LogP contribution in [0, 0.1) is 0 Å². The van der Waals surface area contributed by atoms with Crippen molar-refractivity contribution < 1.29 is 4.74 Å². The molecule has 4 heteroatoms. The average Bonchev–Trinajstić information content (AvgIpc) is 2.35. The van der Waals surface area contributed by atoms with Gasteiger partial charge in [0.2, 0.25) is 0 Å². The molecule has 1 aromatic carbocycles. The molecule has 1 atom stereocenters. The Morgan fingerprint density at radius 2 is 2.00 bits per heavy atom. The zero-order chi connectivity index (χ0) is 12.3. The highest BCUT2D eigenvalue weighted by Crippen LogP contribution is 2.27. The Morgan fingerprint density at radius 1 is 1.29 bits per heavy atom. The quantitative estimate of drug-likeness (QED) is 0.913. The summed E-state index contributed by atoms with van der Waals surface area (Å²) in [6, 6.07) is 5.31. The Balaban J connectivity index is 2.12. The van der Waals surface area contributed by atoms with Gasteiger partial charge in [0.25, 0.3) is 0 Å². The Labute approximate surface area is 111 Å². The second-order valence-corrected chi connectivity index (χ2v) is 4.92. The molecule has 0 saturated carbocycles. The van der Waals surface area contributed by atoms with Gasteiger partial charge in [0.15, 0.2) is 0 Å². The van der Waals surface area contributed by atoms with E-state index in [0.717, 1.165) is 30.8 Å². The summed E-state index contributed by atoms with van der Waals surface area (Å²) >= 11 is 12.2. The fraction of sp³-hybridized carbons (Fsp3) is 0.385. The van der Waals surface area contributed by atoms with Gasteiger partial charge in [-0.1, -0.05) is 29.3 Å². The van der Waals surface area contributed by atoms with E-state index in [2.05, 4.69) is 6.08 Å². The van der Waals surface area contributed by atoms with Crippen LogP contribution in [0.25, 0.3) is 0 Å². The molecule has 2 nitrogen and oxygen atoms in total. The maximum absolute atomic E-state index is 6.11. The van der Waals surface area contributed by atoms with Gasteiger partial charge in [-0.05, 0) is 43.0 Å². The van der Waals surface area contributed by atoms with E-state index >= 15 is 0 Å². The molecule has 1 heterocycles. The largest absolute Gasteiger partial charge is 0.497 e. The molecule has 1 unspecified atom stereocenters. The lowest BCUT2D eigenvalue weighted by Gasteiger charge is -2.21. The van der Waals surface area contributed by atoms with Gasteiger partial charge in [-0.15, -0.1) is 0 Å². The van der Waals surface area contributed by atoms with Crippen molar-refractivity contribution in [2.75, 3.05) is 6.61 Å². The van der Waals surface area contributed by atoms with Crippen molar-refractivity contribution in [1.29, 1.82) is 0 Å². The van der Waals surface area contributed by atoms with Crippen LogP contribution in [0.1, 0.15) is 18.4 Å². The second-order valence-electron chi connectivity index (χ2n) is 4.11. The SMILES string of the molecule is NC(Cc1c(Cl)cccc1Cl)C1=CCCCO1. The molecule has 0 bridgehead atoms. The van der Waals surface area contributed by atoms with E-state index < -0.39 is 0 Å². The van der Waals surface area contributed by atoms with Crippen molar-refractivity contribution in [1.82, 2.24) is 0 Å². The standard InChI is InChI=1S/C13H15Cl2NO/c14-10-4-3-5-11(15)9(10)8-12(16)13-6-1-2-7-17-13/h3-6,12H,1-2,7-8,16H2. The molecule has 0 saturated heterocycles. The predicted molar refractivity (Wildman–Crippen MR) is 71.4 cm³/mol. The summed E-state index contributed by atoms with van der Waals surface area (Å²) in [6.45, 7) is 0.746. The van der Waals surface area contributed by atoms with Crippen LogP contribution in [0.4, 0.5) is 0 Å². The van der Waals surface area contributed by atoms with Crippen LogP contribution < -0.4 is 5.73 Å². The Morgan fingerprint density at radius 3 is 2.59 bits per heavy atom. The first-order chi connectivity index (χ1) is 8.18. The number of allylic oxidation sites excluding steroid dienone is 1. The van der Waals surface area contributed by atoms with E-state index in [1.807, 2.05) is 18.2 Å². The molecule has 1 aliphatic heterocycles. The molecule has 0 amide bonds. The third-order valence-electron chi connectivity index (χ3n) is 2.81. The van der Waals surface area contributed by atoms with Gasteiger partial charge in [-0.25, -0.2) is 0 Å². The van der Waals surface area contributed by atoms with Crippen molar-refractivity contribution >= 4 is 23.2 Å². The van der Waals surface area contributed by atoms with E-state index in [-0.39, 0.29) is 6.04 Å². The van der Waals surface area contributed by atoms with Gasteiger partial charge in [0.1, 0.15) is 5.76 Å². The van der Waals surface area contributed by atoms with Crippen LogP contribution in [0.5, 0.6) is 0 Å². The third kappa shape index (κ3) is 3.15. The first kappa shape index (κ1) is 12.7. The van der Waals surface area contributed by atoms with Crippen molar-refractivity contribution in [3.05, 3.63) is 45.6 Å². The van der Waals surface area contributed by atoms with Gasteiger partial charge in [0, 0.05) is 10.0 Å². The van der Waals surface area contributed by atoms with Gasteiger partial charge >= 0.3 is 0 Å². The molecule has 2 rings (SSSR count). The number of benzene rings is 1. The first-order valence-corrected chi connectivity index (χ1v) is 6.45. The summed E-state index contributed by atoms with van der Waals surface area (Å²) in [5, 5.41) is 1.31. The normalized spacial score (nSPS) is 17.2. The van der Waals surface area contributed by atoms with E-state index in [0.29, 0.717) is 16.5 Å². The van der Waals surface area contributed by atoms with Gasteiger partial charge in [-0.3, -0.25) is 0 Å². The van der Waals surface area contributed by atoms with E-state index in [1.54, 1.807) is 0 Å². The maximum atomic E-state index is 6.11. The van der Waals surface area contributed by atoms with Crippen molar-refractivity contribution in [3.63, 3.8) is 0 Å². The second kappa shape index (κ2) is 5.76. The lowest BCUT2D eigenvalue weighted by molar-refractivity contribution is 0.175. The van der Waals surface area contributed by atoms with Crippen molar-refractivity contribution in [2.45, 2.75) is 25.3 Å². The van der Waals surface area contributed by atoms with E-state index in [1.165, 1.54) is 0 Å². The summed E-state index contributed by atoms with van der Waals surface area (Å²) in [6.07, 6.45) is 4.74. The number of halogens is 2. The molecule has 0 radical (unpaired) electrons. The number of rotatable bonds is 3. The van der Waals surface area contributed by atoms with Crippen LogP contribution in [0.2, 0.25) is 10.0 Å². The minimum atomic E-state index is -0.173. The van der Waals surface area contributed by atoms with Gasteiger partial charge in [-0.2, -0.15) is 0 Å². The molecular weight excluding hydrogens is 257 g/mol.